The molecule has 0 fully saturated rings. The first-order valence-electron chi connectivity index (χ1n) is 4.97. The second kappa shape index (κ2) is 4.99. The van der Waals surface area contributed by atoms with Crippen molar-refractivity contribution >= 4 is 22.6 Å². The van der Waals surface area contributed by atoms with E-state index in [1.165, 1.54) is 0 Å². The number of rotatable bonds is 3. The Labute approximate surface area is 102 Å². The summed E-state index contributed by atoms with van der Waals surface area (Å²) in [5.74, 6) is 0. The van der Waals surface area contributed by atoms with Gasteiger partial charge in [0, 0.05) is 22.5 Å². The van der Waals surface area contributed by atoms with E-state index in [1.54, 1.807) is 18.2 Å². The number of hydrogen-bond acceptors (Lipinski definition) is 3. The molecule has 0 aromatic heterocycles. The summed E-state index contributed by atoms with van der Waals surface area (Å²) in [7, 11) is 0. The average molecular weight is 247 g/mol. The lowest BCUT2D eigenvalue weighted by Gasteiger charge is -2.14. The van der Waals surface area contributed by atoms with Gasteiger partial charge in [-0.15, -0.1) is 0 Å². The van der Waals surface area contributed by atoms with Gasteiger partial charge in [-0.2, -0.15) is 0 Å². The Bertz CT molecular complexity index is 543. The first-order valence-corrected chi connectivity index (χ1v) is 6.05. The van der Waals surface area contributed by atoms with E-state index < -0.39 is 11.3 Å². The van der Waals surface area contributed by atoms with Crippen molar-refractivity contribution in [3.05, 3.63) is 48.5 Å². The number of hydrogen-bond donors (Lipinski definition) is 2. The van der Waals surface area contributed by atoms with Crippen molar-refractivity contribution < 1.29 is 8.76 Å². The molecule has 17 heavy (non-hydrogen) atoms. The van der Waals surface area contributed by atoms with Crippen LogP contribution in [0, 0.1) is 0 Å². The largest absolute Gasteiger partial charge is 0.755 e. The van der Waals surface area contributed by atoms with Crippen LogP contribution in [-0.2, 0) is 11.3 Å². The molecule has 4 nitrogen and oxygen atoms in total. The molecule has 2 rings (SSSR count). The van der Waals surface area contributed by atoms with Gasteiger partial charge in [0.25, 0.3) is 0 Å². The van der Waals surface area contributed by atoms with Crippen molar-refractivity contribution in [1.29, 1.82) is 0 Å². The van der Waals surface area contributed by atoms with Crippen LogP contribution in [0.4, 0.5) is 11.4 Å². The first-order chi connectivity index (χ1) is 8.16. The summed E-state index contributed by atoms with van der Waals surface area (Å²) < 4.78 is 23.7. The van der Waals surface area contributed by atoms with Gasteiger partial charge in [-0.1, -0.05) is 30.3 Å². The molecule has 0 saturated carbocycles. The van der Waals surface area contributed by atoms with Crippen molar-refractivity contribution in [2.45, 2.75) is 0 Å². The highest BCUT2D eigenvalue weighted by atomic mass is 32.2. The quantitative estimate of drug-likeness (QED) is 0.644. The summed E-state index contributed by atoms with van der Waals surface area (Å²) in [6, 6.07) is 14.5. The Morgan fingerprint density at radius 3 is 2.47 bits per heavy atom. The van der Waals surface area contributed by atoms with Crippen LogP contribution in [0.2, 0.25) is 0 Å². The highest BCUT2D eigenvalue weighted by Crippen LogP contribution is 2.29. The summed E-state index contributed by atoms with van der Waals surface area (Å²) in [4.78, 5) is 0. The third-order valence-corrected chi connectivity index (χ3v) is 2.71. The highest BCUT2D eigenvalue weighted by Gasteiger charge is 2.05. The molecule has 0 aliphatic carbocycles. The molecule has 88 valence electrons. The molecule has 1 atom stereocenters. The average Bonchev–Trinajstić information content (AvgIpc) is 2.32. The van der Waals surface area contributed by atoms with Crippen LogP contribution in [0.1, 0.15) is 0 Å². The van der Waals surface area contributed by atoms with Crippen LogP contribution >= 0.6 is 0 Å². The fraction of sp³-hybridized carbons (Fsp3) is 0. The molecule has 1 unspecified atom stereocenters. The maximum atomic E-state index is 10.7. The van der Waals surface area contributed by atoms with E-state index in [0.29, 0.717) is 11.4 Å². The Hall–Kier alpha value is -1.85. The van der Waals surface area contributed by atoms with Crippen LogP contribution in [0.15, 0.2) is 48.5 Å². The molecular weight excluding hydrogens is 236 g/mol. The Morgan fingerprint density at radius 1 is 1.12 bits per heavy atom. The van der Waals surface area contributed by atoms with E-state index in [-0.39, 0.29) is 0 Å². The number of nitrogens with one attached hydrogen (secondary N) is 1. The zero-order chi connectivity index (χ0) is 12.3. The number of anilines is 2. The monoisotopic (exact) mass is 247 g/mol. The van der Waals surface area contributed by atoms with Crippen molar-refractivity contribution in [1.82, 2.24) is 0 Å². The van der Waals surface area contributed by atoms with Gasteiger partial charge in [0.05, 0.1) is 5.69 Å². The van der Waals surface area contributed by atoms with Crippen LogP contribution in [0.25, 0.3) is 11.1 Å². The van der Waals surface area contributed by atoms with Crippen molar-refractivity contribution in [2.24, 2.45) is 0 Å². The number of benzene rings is 2. The Kier molecular flexibility index (Phi) is 3.41. The summed E-state index contributed by atoms with van der Waals surface area (Å²) in [6.45, 7) is 0. The fourth-order valence-corrected chi connectivity index (χ4v) is 1.95. The van der Waals surface area contributed by atoms with Crippen LogP contribution in [0.5, 0.6) is 0 Å². The van der Waals surface area contributed by atoms with E-state index in [4.69, 9.17) is 5.73 Å². The molecular formula is C12H11N2O2S-. The second-order valence-electron chi connectivity index (χ2n) is 3.51. The summed E-state index contributed by atoms with van der Waals surface area (Å²) in [5, 5.41) is 0. The SMILES string of the molecule is Nc1ccc(NS(=O)[O-])c(-c2ccccc2)c1. The maximum absolute atomic E-state index is 10.7. The lowest BCUT2D eigenvalue weighted by atomic mass is 10.0. The van der Waals surface area contributed by atoms with Gasteiger partial charge in [-0.25, -0.2) is 0 Å². The van der Waals surface area contributed by atoms with E-state index in [9.17, 15) is 8.76 Å². The van der Waals surface area contributed by atoms with Gasteiger partial charge in [-0.3, -0.25) is 4.21 Å². The van der Waals surface area contributed by atoms with E-state index in [0.717, 1.165) is 11.1 Å². The highest BCUT2D eigenvalue weighted by molar-refractivity contribution is 7.80. The van der Waals surface area contributed by atoms with Crippen molar-refractivity contribution in [3.63, 3.8) is 0 Å². The zero-order valence-corrected chi connectivity index (χ0v) is 9.74. The van der Waals surface area contributed by atoms with Gasteiger partial charge in [0.15, 0.2) is 0 Å². The minimum Gasteiger partial charge on any atom is -0.755 e. The molecule has 2 aromatic rings. The third-order valence-electron chi connectivity index (χ3n) is 2.32. The van der Waals surface area contributed by atoms with Crippen molar-refractivity contribution in [3.8, 4) is 11.1 Å². The fourth-order valence-electron chi connectivity index (χ4n) is 1.60. The maximum Gasteiger partial charge on any atom is 0.0532 e. The van der Waals surface area contributed by atoms with Gasteiger partial charge in [0.1, 0.15) is 0 Å². The lowest BCUT2D eigenvalue weighted by Crippen LogP contribution is -2.04. The van der Waals surface area contributed by atoms with E-state index >= 15 is 0 Å². The molecule has 0 aliphatic heterocycles. The summed E-state index contributed by atoms with van der Waals surface area (Å²) in [5.41, 5.74) is 8.48. The molecule has 0 bridgehead atoms. The standard InChI is InChI=1S/C12H12N2O2S/c13-10-6-7-12(14-17(15)16)11(8-10)9-4-2-1-3-5-9/h1-8,14H,13H2,(H,15,16)/p-1. The molecule has 0 saturated heterocycles. The van der Waals surface area contributed by atoms with Crippen LogP contribution < -0.4 is 10.5 Å². The molecule has 0 radical (unpaired) electrons. The Balaban J connectivity index is 2.51. The van der Waals surface area contributed by atoms with Crippen LogP contribution in [-0.4, -0.2) is 8.76 Å². The molecule has 5 heteroatoms. The predicted molar refractivity (Wildman–Crippen MR) is 68.8 cm³/mol. The first kappa shape index (κ1) is 11.6. The molecule has 0 amide bonds. The topological polar surface area (TPSA) is 78.2 Å². The van der Waals surface area contributed by atoms with E-state index in [1.807, 2.05) is 30.3 Å². The smallest absolute Gasteiger partial charge is 0.0532 e. The molecule has 0 aliphatic rings. The minimum absolute atomic E-state index is 0.513. The molecule has 0 spiro atoms. The lowest BCUT2D eigenvalue weighted by molar-refractivity contribution is 0.542. The number of nitrogens with two attached hydrogens (primary N) is 1. The van der Waals surface area contributed by atoms with Gasteiger partial charge >= 0.3 is 0 Å². The number of nitrogen functional groups attached to an aromatic ring is 1. The minimum atomic E-state index is -2.35. The van der Waals surface area contributed by atoms with Crippen molar-refractivity contribution in [2.75, 3.05) is 10.5 Å². The summed E-state index contributed by atoms with van der Waals surface area (Å²) in [6.07, 6.45) is 0. The predicted octanol–water partition coefficient (Wildman–Crippen LogP) is 2.14. The van der Waals surface area contributed by atoms with E-state index in [2.05, 4.69) is 4.72 Å². The van der Waals surface area contributed by atoms with Crippen LogP contribution in [0.3, 0.4) is 0 Å². The molecule has 0 heterocycles. The Morgan fingerprint density at radius 2 is 1.82 bits per heavy atom. The van der Waals surface area contributed by atoms with Gasteiger partial charge < -0.3 is 15.0 Å². The third kappa shape index (κ3) is 2.83. The summed E-state index contributed by atoms with van der Waals surface area (Å²) >= 11 is -2.35. The zero-order valence-electron chi connectivity index (χ0n) is 8.92. The normalized spacial score (nSPS) is 12.1. The molecule has 2 aromatic carbocycles. The van der Waals surface area contributed by atoms with Gasteiger partial charge in [0.2, 0.25) is 0 Å². The second-order valence-corrected chi connectivity index (χ2v) is 4.18. The molecule has 3 N–H and O–H groups in total. The van der Waals surface area contributed by atoms with Gasteiger partial charge in [-0.05, 0) is 23.8 Å².